The number of methoxy groups -OCH3 is 1. The van der Waals surface area contributed by atoms with Crippen LogP contribution in [0.1, 0.15) is 78.5 Å². The Bertz CT molecular complexity index is 3050. The molecule has 0 bridgehead atoms. The Morgan fingerprint density at radius 2 is 0.773 bits per heavy atom. The molecule has 0 radical (unpaired) electrons. The van der Waals surface area contributed by atoms with Crippen molar-refractivity contribution in [2.24, 2.45) is 0 Å². The Hall–Kier alpha value is -7.75. The second-order valence-electron chi connectivity index (χ2n) is 16.1. The van der Waals surface area contributed by atoms with Crippen molar-refractivity contribution in [2.75, 3.05) is 40.1 Å². The summed E-state index contributed by atoms with van der Waals surface area (Å²) in [7, 11) is 0.170. The molecule has 0 unspecified atom stereocenters. The van der Waals surface area contributed by atoms with Crippen molar-refractivity contribution >= 4 is 14.0 Å². The van der Waals surface area contributed by atoms with Crippen LogP contribution in [0.3, 0.4) is 0 Å². The molecule has 1 atom stereocenters. The summed E-state index contributed by atoms with van der Waals surface area (Å²) in [4.78, 5) is 12.7. The third-order valence-electron chi connectivity index (χ3n) is 9.26. The average Bonchev–Trinajstić information content (AvgIpc) is 3.33. The normalized spacial score (nSPS) is 10.6. The number of hydrogen-bond donors (Lipinski definition) is 0. The molecule has 0 aromatic heterocycles. The lowest BCUT2D eigenvalue weighted by atomic mass is 10.1. The maximum atomic E-state index is 12.7. The molecule has 0 aliphatic carbocycles. The molecule has 324 valence electrons. The molecule has 6 rings (SSSR count). The number of carbonyl (C=O) groups is 1. The van der Waals surface area contributed by atoms with E-state index in [-0.39, 0.29) is 12.7 Å². The molecular weight excluding hydrogens is 829 g/mol. The van der Waals surface area contributed by atoms with Gasteiger partial charge in [0.25, 0.3) is 0 Å². The van der Waals surface area contributed by atoms with Crippen LogP contribution in [0.5, 0.6) is 0 Å². The van der Waals surface area contributed by atoms with E-state index in [1.54, 1.807) is 25.3 Å². The van der Waals surface area contributed by atoms with Crippen LogP contribution in [-0.4, -0.2) is 60.3 Å². The number of ether oxygens (including phenoxy) is 4. The predicted octanol–water partition coefficient (Wildman–Crippen LogP) is 10.1. The monoisotopic (exact) mass is 878 g/mol. The summed E-state index contributed by atoms with van der Waals surface area (Å²) >= 11 is 0. The predicted molar refractivity (Wildman–Crippen MR) is 267 cm³/mol. The van der Waals surface area contributed by atoms with Gasteiger partial charge in [-0.1, -0.05) is 121 Å². The van der Waals surface area contributed by atoms with Gasteiger partial charge in [-0.15, -0.1) is 5.54 Å². The Balaban J connectivity index is 1.04. The van der Waals surface area contributed by atoms with Gasteiger partial charge in [-0.25, -0.2) is 4.79 Å². The van der Waals surface area contributed by atoms with Crippen molar-refractivity contribution in [1.29, 1.82) is 0 Å². The molecule has 6 aromatic rings. The van der Waals surface area contributed by atoms with Crippen LogP contribution in [0.25, 0.3) is 0 Å². The zero-order valence-electron chi connectivity index (χ0n) is 38.0. The molecular formula is C60H50O5Si. The van der Waals surface area contributed by atoms with E-state index in [9.17, 15) is 4.79 Å². The van der Waals surface area contributed by atoms with Crippen molar-refractivity contribution in [3.63, 3.8) is 0 Å². The van der Waals surface area contributed by atoms with E-state index in [0.29, 0.717) is 37.6 Å². The first-order valence-corrected chi connectivity index (χ1v) is 25.2. The maximum Gasteiger partial charge on any atom is 0.338 e. The van der Waals surface area contributed by atoms with Gasteiger partial charge in [0.05, 0.1) is 38.1 Å². The third kappa shape index (κ3) is 17.1. The van der Waals surface area contributed by atoms with Gasteiger partial charge in [0.1, 0.15) is 14.7 Å². The lowest BCUT2D eigenvalue weighted by molar-refractivity contribution is -0.0269. The fourth-order valence-electron chi connectivity index (χ4n) is 5.96. The van der Waals surface area contributed by atoms with Crippen LogP contribution in [0.2, 0.25) is 19.6 Å². The summed E-state index contributed by atoms with van der Waals surface area (Å²) in [5.41, 5.74) is 13.3. The molecule has 0 aliphatic rings. The molecule has 0 heterocycles. The van der Waals surface area contributed by atoms with E-state index in [1.807, 2.05) is 134 Å². The van der Waals surface area contributed by atoms with Crippen molar-refractivity contribution in [2.45, 2.75) is 32.7 Å². The largest absolute Gasteiger partial charge is 0.459 e. The summed E-state index contributed by atoms with van der Waals surface area (Å²) in [6.07, 6.45) is -0.267. The molecule has 5 nitrogen and oxygen atoms in total. The third-order valence-corrected chi connectivity index (χ3v) is 10.1. The first-order valence-electron chi connectivity index (χ1n) is 21.7. The van der Waals surface area contributed by atoms with E-state index in [2.05, 4.69) is 90.3 Å². The fourth-order valence-corrected chi connectivity index (χ4v) is 6.48. The van der Waals surface area contributed by atoms with E-state index < -0.39 is 14.0 Å². The lowest BCUT2D eigenvalue weighted by Gasteiger charge is -2.13. The number of benzene rings is 6. The Morgan fingerprint density at radius 1 is 0.455 bits per heavy atom. The highest BCUT2D eigenvalue weighted by molar-refractivity contribution is 6.83. The molecule has 0 aliphatic heterocycles. The number of rotatable bonds is 10. The van der Waals surface area contributed by atoms with Crippen LogP contribution in [0.4, 0.5) is 0 Å². The van der Waals surface area contributed by atoms with E-state index >= 15 is 0 Å². The van der Waals surface area contributed by atoms with Crippen molar-refractivity contribution in [3.8, 4) is 70.7 Å². The van der Waals surface area contributed by atoms with Crippen LogP contribution >= 0.6 is 0 Å². The fraction of sp³-hybridized carbons (Fsp3) is 0.183. The molecule has 0 fully saturated rings. The van der Waals surface area contributed by atoms with Gasteiger partial charge in [-0.3, -0.25) is 0 Å². The molecule has 0 spiro atoms. The van der Waals surface area contributed by atoms with Gasteiger partial charge in [0, 0.05) is 68.3 Å². The molecule has 66 heavy (non-hydrogen) atoms. The minimum atomic E-state index is -1.46. The molecule has 0 amide bonds. The minimum Gasteiger partial charge on any atom is -0.459 e. The summed E-state index contributed by atoms with van der Waals surface area (Å²) in [5.74, 6) is 35.5. The highest BCUT2D eigenvalue weighted by Crippen LogP contribution is 2.12. The van der Waals surface area contributed by atoms with E-state index in [4.69, 9.17) is 18.9 Å². The van der Waals surface area contributed by atoms with Crippen molar-refractivity contribution < 1.29 is 23.7 Å². The summed E-state index contributed by atoms with van der Waals surface area (Å²) in [5, 5.41) is 0. The van der Waals surface area contributed by atoms with Crippen molar-refractivity contribution in [1.82, 2.24) is 0 Å². The minimum absolute atomic E-state index is 0.131. The van der Waals surface area contributed by atoms with Gasteiger partial charge < -0.3 is 18.9 Å². The summed E-state index contributed by atoms with van der Waals surface area (Å²) in [6, 6.07) is 46.7. The van der Waals surface area contributed by atoms with Gasteiger partial charge in [-0.05, 0) is 116 Å². The number of esters is 1. The van der Waals surface area contributed by atoms with Crippen LogP contribution in [0, 0.1) is 70.7 Å². The first kappa shape index (κ1) is 47.7. The molecule has 6 heteroatoms. The van der Waals surface area contributed by atoms with Crippen LogP contribution in [-0.2, 0) is 18.9 Å². The quantitative estimate of drug-likeness (QED) is 0.0594. The average molecular weight is 879 g/mol. The smallest absolute Gasteiger partial charge is 0.338 e. The Kier molecular flexibility index (Phi) is 18.0. The SMILES string of the molecule is COCCOCCO[C@@H](C)COC(=O)c1cccc(C#Cc2cccc(C#Cc3cccc(C#Cc4cccc(C#Cc5cccc(C#Cc6cccc(C#C[Si](C)(C)C)c6)c5)c4)c3)c2)c1. The molecule has 0 saturated heterocycles. The zero-order chi connectivity index (χ0) is 46.4. The topological polar surface area (TPSA) is 54.0 Å². The Morgan fingerprint density at radius 3 is 1.12 bits per heavy atom. The van der Waals surface area contributed by atoms with Crippen LogP contribution in [0.15, 0.2) is 146 Å². The molecule has 0 saturated carbocycles. The second kappa shape index (κ2) is 24.9. The first-order chi connectivity index (χ1) is 32.1. The standard InChI is InChI=1S/C60H50O5Si/c1-47(64-38-37-63-36-35-62-2)46-65-60(61)59-23-11-22-57(45-59)33-32-55-19-9-18-53(43-55)29-28-51-15-7-14-49(41-51)25-24-48-12-6-13-50(40-48)26-27-52-16-8-17-54(42-52)30-31-56-20-10-21-58(44-56)34-39-66(3,4)5/h6-23,40-45,47H,35-38,46H2,1-5H3/t47-/m0/s1. The van der Waals surface area contributed by atoms with Gasteiger partial charge in [0.15, 0.2) is 0 Å². The molecule has 0 N–H and O–H groups in total. The van der Waals surface area contributed by atoms with Crippen molar-refractivity contribution in [3.05, 3.63) is 212 Å². The van der Waals surface area contributed by atoms with Gasteiger partial charge in [0.2, 0.25) is 0 Å². The Labute approximate surface area is 391 Å². The highest BCUT2D eigenvalue weighted by atomic mass is 28.3. The summed E-state index contributed by atoms with van der Waals surface area (Å²) < 4.78 is 21.5. The van der Waals surface area contributed by atoms with Gasteiger partial charge >= 0.3 is 5.97 Å². The lowest BCUT2D eigenvalue weighted by Crippen LogP contribution is -2.21. The van der Waals surface area contributed by atoms with E-state index in [1.165, 1.54) is 0 Å². The second-order valence-corrected chi connectivity index (χ2v) is 20.9. The zero-order valence-corrected chi connectivity index (χ0v) is 39.0. The van der Waals surface area contributed by atoms with Crippen LogP contribution < -0.4 is 0 Å². The summed E-state index contributed by atoms with van der Waals surface area (Å²) in [6.45, 7) is 10.6. The molecule has 6 aromatic carbocycles. The maximum absolute atomic E-state index is 12.7. The number of hydrogen-bond acceptors (Lipinski definition) is 5. The van der Waals surface area contributed by atoms with E-state index in [0.717, 1.165) is 55.6 Å². The number of carbonyl (C=O) groups excluding carboxylic acids is 1. The van der Waals surface area contributed by atoms with Gasteiger partial charge in [-0.2, -0.15) is 0 Å². The highest BCUT2D eigenvalue weighted by Gasteiger charge is 2.11.